The Morgan fingerprint density at radius 1 is 1.12 bits per heavy atom. The first-order valence-electron chi connectivity index (χ1n) is 6.83. The first-order valence-corrected chi connectivity index (χ1v) is 6.83. The maximum Gasteiger partial charge on any atom is 0.0861 e. The Morgan fingerprint density at radius 2 is 1.82 bits per heavy atom. The summed E-state index contributed by atoms with van der Waals surface area (Å²) in [5.74, 6) is 0. The van der Waals surface area contributed by atoms with Crippen molar-refractivity contribution in [3.8, 4) is 0 Å². The minimum absolute atomic E-state index is 0.286. The molecule has 0 atom stereocenters. The lowest BCUT2D eigenvalue weighted by atomic mass is 9.90. The summed E-state index contributed by atoms with van der Waals surface area (Å²) in [7, 11) is 0. The van der Waals surface area contributed by atoms with E-state index in [1.54, 1.807) is 0 Å². The monoisotopic (exact) mass is 237 g/mol. The molecule has 98 valence electrons. The highest BCUT2D eigenvalue weighted by Crippen LogP contribution is 2.21. The molecule has 0 saturated heterocycles. The van der Waals surface area contributed by atoms with Gasteiger partial charge in [0, 0.05) is 6.54 Å². The molecule has 0 unspecified atom stereocenters. The van der Waals surface area contributed by atoms with Crippen LogP contribution in [0.1, 0.15) is 64.8 Å². The molecule has 0 radical (unpaired) electrons. The van der Waals surface area contributed by atoms with Crippen molar-refractivity contribution in [2.24, 2.45) is 5.41 Å². The second kappa shape index (κ2) is 6.18. The minimum atomic E-state index is 0.286. The predicted octanol–water partition coefficient (Wildman–Crippen LogP) is 3.76. The van der Waals surface area contributed by atoms with Gasteiger partial charge in [-0.2, -0.15) is 0 Å². The molecule has 0 N–H and O–H groups in total. The van der Waals surface area contributed by atoms with Crippen LogP contribution in [-0.4, -0.2) is 15.0 Å². The molecule has 3 nitrogen and oxygen atoms in total. The van der Waals surface area contributed by atoms with Crippen LogP contribution in [0.3, 0.4) is 0 Å². The van der Waals surface area contributed by atoms with Gasteiger partial charge in [0.05, 0.1) is 11.4 Å². The molecule has 0 bridgehead atoms. The molecule has 0 saturated carbocycles. The second-order valence-corrected chi connectivity index (χ2v) is 6.14. The van der Waals surface area contributed by atoms with E-state index in [1.807, 2.05) is 0 Å². The van der Waals surface area contributed by atoms with Gasteiger partial charge in [-0.05, 0) is 25.2 Å². The van der Waals surface area contributed by atoms with Crippen LogP contribution in [0.4, 0.5) is 0 Å². The van der Waals surface area contributed by atoms with Crippen LogP contribution in [0.25, 0.3) is 0 Å². The third-order valence-electron chi connectivity index (χ3n) is 3.00. The average molecular weight is 237 g/mol. The minimum Gasteiger partial charge on any atom is -0.249 e. The molecule has 0 aromatic carbocycles. The van der Waals surface area contributed by atoms with E-state index in [1.165, 1.54) is 31.4 Å². The van der Waals surface area contributed by atoms with E-state index in [4.69, 9.17) is 0 Å². The van der Waals surface area contributed by atoms with Crippen molar-refractivity contribution < 1.29 is 0 Å². The van der Waals surface area contributed by atoms with Gasteiger partial charge in [-0.25, -0.2) is 4.68 Å². The normalized spacial score (nSPS) is 12.1. The van der Waals surface area contributed by atoms with Crippen LogP contribution >= 0.6 is 0 Å². The number of aromatic nitrogens is 3. The Labute approximate surface area is 106 Å². The summed E-state index contributed by atoms with van der Waals surface area (Å²) in [4.78, 5) is 0. The summed E-state index contributed by atoms with van der Waals surface area (Å²) < 4.78 is 2.07. The van der Waals surface area contributed by atoms with Crippen molar-refractivity contribution >= 4 is 0 Å². The van der Waals surface area contributed by atoms with Crippen LogP contribution in [-0.2, 0) is 13.0 Å². The van der Waals surface area contributed by atoms with E-state index in [2.05, 4.69) is 49.6 Å². The number of nitrogens with zero attached hydrogens (tertiary/aromatic N) is 3. The van der Waals surface area contributed by atoms with Gasteiger partial charge < -0.3 is 0 Å². The fourth-order valence-electron chi connectivity index (χ4n) is 1.96. The molecule has 1 heterocycles. The highest BCUT2D eigenvalue weighted by atomic mass is 15.4. The second-order valence-electron chi connectivity index (χ2n) is 6.14. The zero-order valence-electron chi connectivity index (χ0n) is 12.1. The standard InChI is InChI=1S/C14H27N3/c1-6-7-8-9-10-17-12(2)13(15-16-17)11-14(3,4)5/h6-11H2,1-5H3. The van der Waals surface area contributed by atoms with Gasteiger partial charge in [-0.1, -0.05) is 52.2 Å². The third-order valence-corrected chi connectivity index (χ3v) is 3.00. The topological polar surface area (TPSA) is 30.7 Å². The summed E-state index contributed by atoms with van der Waals surface area (Å²) >= 11 is 0. The molecular formula is C14H27N3. The fraction of sp³-hybridized carbons (Fsp3) is 0.857. The van der Waals surface area contributed by atoms with Crippen molar-refractivity contribution in [2.75, 3.05) is 0 Å². The SMILES string of the molecule is CCCCCCn1nnc(CC(C)(C)C)c1C. The smallest absolute Gasteiger partial charge is 0.0861 e. The lowest BCUT2D eigenvalue weighted by Gasteiger charge is -2.16. The van der Waals surface area contributed by atoms with Crippen molar-refractivity contribution in [2.45, 2.75) is 73.3 Å². The van der Waals surface area contributed by atoms with E-state index in [-0.39, 0.29) is 5.41 Å². The maximum atomic E-state index is 4.31. The molecule has 0 fully saturated rings. The van der Waals surface area contributed by atoms with E-state index in [0.29, 0.717) is 0 Å². The molecular weight excluding hydrogens is 210 g/mol. The van der Waals surface area contributed by atoms with Crippen LogP contribution < -0.4 is 0 Å². The van der Waals surface area contributed by atoms with Gasteiger partial charge in [0.2, 0.25) is 0 Å². The number of hydrogen-bond donors (Lipinski definition) is 0. The van der Waals surface area contributed by atoms with Gasteiger partial charge >= 0.3 is 0 Å². The quantitative estimate of drug-likeness (QED) is 0.705. The molecule has 17 heavy (non-hydrogen) atoms. The van der Waals surface area contributed by atoms with Gasteiger partial charge in [0.1, 0.15) is 0 Å². The first-order chi connectivity index (χ1) is 7.94. The lowest BCUT2D eigenvalue weighted by molar-refractivity contribution is 0.405. The van der Waals surface area contributed by atoms with Crippen molar-refractivity contribution in [3.05, 3.63) is 11.4 Å². The molecule has 0 aliphatic heterocycles. The van der Waals surface area contributed by atoms with E-state index in [9.17, 15) is 0 Å². The highest BCUT2D eigenvalue weighted by Gasteiger charge is 2.16. The van der Waals surface area contributed by atoms with E-state index in [0.717, 1.165) is 18.7 Å². The predicted molar refractivity (Wildman–Crippen MR) is 72.1 cm³/mol. The largest absolute Gasteiger partial charge is 0.249 e. The summed E-state index contributed by atoms with van der Waals surface area (Å²) in [6.07, 6.45) is 6.12. The Bertz CT molecular complexity index is 334. The van der Waals surface area contributed by atoms with E-state index < -0.39 is 0 Å². The molecule has 1 rings (SSSR count). The van der Waals surface area contributed by atoms with Gasteiger partial charge in [0.25, 0.3) is 0 Å². The number of hydrogen-bond acceptors (Lipinski definition) is 2. The van der Waals surface area contributed by atoms with Crippen molar-refractivity contribution in [3.63, 3.8) is 0 Å². The number of unbranched alkanes of at least 4 members (excludes halogenated alkanes) is 3. The Hall–Kier alpha value is -0.860. The lowest BCUT2D eigenvalue weighted by Crippen LogP contribution is -2.11. The van der Waals surface area contributed by atoms with Crippen LogP contribution in [0.15, 0.2) is 0 Å². The zero-order valence-corrected chi connectivity index (χ0v) is 12.1. The van der Waals surface area contributed by atoms with Crippen molar-refractivity contribution in [1.29, 1.82) is 0 Å². The number of rotatable bonds is 6. The molecule has 0 aliphatic carbocycles. The van der Waals surface area contributed by atoms with E-state index >= 15 is 0 Å². The van der Waals surface area contributed by atoms with Crippen LogP contribution in [0, 0.1) is 12.3 Å². The molecule has 0 spiro atoms. The van der Waals surface area contributed by atoms with Gasteiger partial charge in [0.15, 0.2) is 0 Å². The van der Waals surface area contributed by atoms with Crippen LogP contribution in [0.2, 0.25) is 0 Å². The number of aryl methyl sites for hydroxylation is 1. The summed E-state index contributed by atoms with van der Waals surface area (Å²) in [6, 6.07) is 0. The molecule has 0 amide bonds. The molecule has 0 aliphatic rings. The zero-order chi connectivity index (χ0) is 12.9. The molecule has 1 aromatic heterocycles. The Kier molecular flexibility index (Phi) is 5.16. The Morgan fingerprint density at radius 3 is 2.41 bits per heavy atom. The first kappa shape index (κ1) is 14.2. The summed E-state index contributed by atoms with van der Waals surface area (Å²) in [5.41, 5.74) is 2.69. The maximum absolute atomic E-state index is 4.31. The Balaban J connectivity index is 2.52. The third kappa shape index (κ3) is 4.88. The van der Waals surface area contributed by atoms with Crippen LogP contribution in [0.5, 0.6) is 0 Å². The van der Waals surface area contributed by atoms with Gasteiger partial charge in [-0.3, -0.25) is 0 Å². The molecule has 1 aromatic rings. The summed E-state index contributed by atoms with van der Waals surface area (Å²) in [6.45, 7) is 12.1. The average Bonchev–Trinajstić information content (AvgIpc) is 2.54. The van der Waals surface area contributed by atoms with Gasteiger partial charge in [-0.15, -0.1) is 5.10 Å². The van der Waals surface area contributed by atoms with Crippen molar-refractivity contribution in [1.82, 2.24) is 15.0 Å². The highest BCUT2D eigenvalue weighted by molar-refractivity contribution is 5.09. The fourth-order valence-corrected chi connectivity index (χ4v) is 1.96. The summed E-state index contributed by atoms with van der Waals surface area (Å²) in [5, 5.41) is 8.58. The molecule has 3 heteroatoms.